The molecule has 144 valence electrons. The molecule has 1 aliphatic carbocycles. The maximum absolute atomic E-state index is 12.8. The highest BCUT2D eigenvalue weighted by atomic mass is 16.5. The smallest absolute Gasteiger partial charge is 0.223 e. The van der Waals surface area contributed by atoms with E-state index in [-0.39, 0.29) is 18.1 Å². The van der Waals surface area contributed by atoms with Crippen molar-refractivity contribution in [2.75, 3.05) is 34.5 Å². The van der Waals surface area contributed by atoms with Gasteiger partial charge in [0.05, 0.1) is 40.1 Å². The van der Waals surface area contributed by atoms with E-state index >= 15 is 0 Å². The monoisotopic (exact) mass is 363 g/mol. The van der Waals surface area contributed by atoms with E-state index < -0.39 is 0 Å². The number of ether oxygens (including phenoxy) is 4. The Morgan fingerprint density at radius 3 is 2.46 bits per heavy atom. The van der Waals surface area contributed by atoms with Crippen LogP contribution in [-0.2, 0) is 16.0 Å². The number of aryl methyl sites for hydroxylation is 1. The second kappa shape index (κ2) is 8.62. The molecular weight excluding hydrogens is 334 g/mol. The van der Waals surface area contributed by atoms with E-state index in [9.17, 15) is 4.79 Å². The molecule has 26 heavy (non-hydrogen) atoms. The Bertz CT molecular complexity index is 606. The Morgan fingerprint density at radius 1 is 1.12 bits per heavy atom. The zero-order valence-corrected chi connectivity index (χ0v) is 16.0. The van der Waals surface area contributed by atoms with Crippen LogP contribution in [0.3, 0.4) is 0 Å². The fraction of sp³-hybridized carbons (Fsp3) is 0.650. The first-order valence-electron chi connectivity index (χ1n) is 9.38. The normalized spacial score (nSPS) is 22.5. The quantitative estimate of drug-likeness (QED) is 0.778. The highest BCUT2D eigenvalue weighted by molar-refractivity contribution is 5.77. The third-order valence-electron chi connectivity index (χ3n) is 5.40. The topological polar surface area (TPSA) is 57.2 Å². The van der Waals surface area contributed by atoms with Crippen LogP contribution in [0.15, 0.2) is 12.1 Å². The largest absolute Gasteiger partial charge is 0.493 e. The number of fused-ring (bicyclic) bond motifs is 1. The lowest BCUT2D eigenvalue weighted by Gasteiger charge is -2.43. The summed E-state index contributed by atoms with van der Waals surface area (Å²) in [6, 6.07) is 4.08. The van der Waals surface area contributed by atoms with Crippen LogP contribution in [0.4, 0.5) is 0 Å². The molecule has 0 N–H and O–H groups in total. The van der Waals surface area contributed by atoms with E-state index in [0.29, 0.717) is 43.2 Å². The lowest BCUT2D eigenvalue weighted by atomic mass is 9.90. The van der Waals surface area contributed by atoms with Gasteiger partial charge in [-0.2, -0.15) is 0 Å². The van der Waals surface area contributed by atoms with Crippen molar-refractivity contribution in [3.8, 4) is 17.2 Å². The Hall–Kier alpha value is -1.95. The van der Waals surface area contributed by atoms with Crippen molar-refractivity contribution in [1.29, 1.82) is 0 Å². The van der Waals surface area contributed by atoms with E-state index in [1.54, 1.807) is 21.3 Å². The molecule has 1 saturated heterocycles. The van der Waals surface area contributed by atoms with Crippen LogP contribution in [-0.4, -0.2) is 57.4 Å². The van der Waals surface area contributed by atoms with Crippen molar-refractivity contribution in [3.63, 3.8) is 0 Å². The van der Waals surface area contributed by atoms with Gasteiger partial charge in [-0.1, -0.05) is 12.8 Å². The summed E-state index contributed by atoms with van der Waals surface area (Å²) in [5, 5.41) is 0. The molecule has 1 amide bonds. The second-order valence-electron chi connectivity index (χ2n) is 6.88. The van der Waals surface area contributed by atoms with Crippen LogP contribution >= 0.6 is 0 Å². The van der Waals surface area contributed by atoms with Gasteiger partial charge in [0, 0.05) is 13.0 Å². The van der Waals surface area contributed by atoms with Gasteiger partial charge in [0.1, 0.15) is 0 Å². The van der Waals surface area contributed by atoms with E-state index in [0.717, 1.165) is 18.4 Å². The molecule has 0 radical (unpaired) electrons. The number of nitrogens with zero attached hydrogens (tertiary/aromatic N) is 1. The van der Waals surface area contributed by atoms with E-state index in [1.807, 2.05) is 17.0 Å². The third kappa shape index (κ3) is 3.90. The fourth-order valence-corrected chi connectivity index (χ4v) is 4.08. The minimum Gasteiger partial charge on any atom is -0.493 e. The molecule has 2 aliphatic rings. The fourth-order valence-electron chi connectivity index (χ4n) is 4.08. The van der Waals surface area contributed by atoms with Crippen LogP contribution in [0.1, 0.15) is 37.7 Å². The average Bonchev–Trinajstić information content (AvgIpc) is 2.70. The molecule has 2 atom stereocenters. The lowest BCUT2D eigenvalue weighted by molar-refractivity contribution is -0.149. The Balaban J connectivity index is 1.67. The minimum absolute atomic E-state index is 0.207. The lowest BCUT2D eigenvalue weighted by Crippen LogP contribution is -2.54. The number of methoxy groups -OCH3 is 3. The molecule has 0 bridgehead atoms. The number of benzene rings is 1. The van der Waals surface area contributed by atoms with Crippen molar-refractivity contribution in [2.24, 2.45) is 0 Å². The van der Waals surface area contributed by atoms with Crippen LogP contribution in [0.5, 0.6) is 17.2 Å². The highest BCUT2D eigenvalue weighted by Gasteiger charge is 2.36. The van der Waals surface area contributed by atoms with Crippen LogP contribution in [0.2, 0.25) is 0 Å². The standard InChI is InChI=1S/C20H29NO5/c1-23-17-12-14(13-18(24-2)20(17)25-3)8-9-19(22)21-10-11-26-16-7-5-4-6-15(16)21/h12-13,15-16H,4-11H2,1-3H3/t15-,16+/m0/s1. The molecule has 6 nitrogen and oxygen atoms in total. The highest BCUT2D eigenvalue weighted by Crippen LogP contribution is 2.38. The molecule has 3 rings (SSSR count). The molecule has 1 heterocycles. The van der Waals surface area contributed by atoms with Gasteiger partial charge >= 0.3 is 0 Å². The van der Waals surface area contributed by atoms with Crippen molar-refractivity contribution >= 4 is 5.91 Å². The summed E-state index contributed by atoms with van der Waals surface area (Å²) in [7, 11) is 4.79. The first kappa shape index (κ1) is 18.8. The van der Waals surface area contributed by atoms with Crippen molar-refractivity contribution in [2.45, 2.75) is 50.7 Å². The first-order valence-corrected chi connectivity index (χ1v) is 9.38. The van der Waals surface area contributed by atoms with Gasteiger partial charge in [0.25, 0.3) is 0 Å². The Morgan fingerprint density at radius 2 is 1.81 bits per heavy atom. The predicted octanol–water partition coefficient (Wildman–Crippen LogP) is 2.82. The Labute approximate surface area is 155 Å². The maximum atomic E-state index is 12.8. The van der Waals surface area contributed by atoms with Crippen LogP contribution < -0.4 is 14.2 Å². The summed E-state index contributed by atoms with van der Waals surface area (Å²) in [5.41, 5.74) is 1.00. The van der Waals surface area contributed by atoms with Gasteiger partial charge in [-0.05, 0) is 37.0 Å². The van der Waals surface area contributed by atoms with Crippen LogP contribution in [0, 0.1) is 0 Å². The van der Waals surface area contributed by atoms with Gasteiger partial charge in [-0.3, -0.25) is 4.79 Å². The number of hydrogen-bond donors (Lipinski definition) is 0. The second-order valence-corrected chi connectivity index (χ2v) is 6.88. The number of morpholine rings is 1. The summed E-state index contributed by atoms with van der Waals surface area (Å²) >= 11 is 0. The summed E-state index contributed by atoms with van der Waals surface area (Å²) < 4.78 is 22.0. The Kier molecular flexibility index (Phi) is 6.25. The van der Waals surface area contributed by atoms with Crippen LogP contribution in [0.25, 0.3) is 0 Å². The third-order valence-corrected chi connectivity index (χ3v) is 5.40. The van der Waals surface area contributed by atoms with E-state index in [4.69, 9.17) is 18.9 Å². The molecule has 0 spiro atoms. The zero-order chi connectivity index (χ0) is 18.5. The maximum Gasteiger partial charge on any atom is 0.223 e. The predicted molar refractivity (Wildman–Crippen MR) is 98.1 cm³/mol. The average molecular weight is 363 g/mol. The van der Waals surface area contributed by atoms with Crippen molar-refractivity contribution in [3.05, 3.63) is 17.7 Å². The number of hydrogen-bond acceptors (Lipinski definition) is 5. The molecule has 1 aromatic carbocycles. The SMILES string of the molecule is COc1cc(CCC(=O)N2CCO[C@@H]3CCCC[C@@H]32)cc(OC)c1OC. The van der Waals surface area contributed by atoms with Gasteiger partial charge < -0.3 is 23.8 Å². The molecule has 1 saturated carbocycles. The van der Waals surface area contributed by atoms with Gasteiger partial charge in [-0.25, -0.2) is 0 Å². The number of rotatable bonds is 6. The zero-order valence-electron chi connectivity index (χ0n) is 16.0. The summed E-state index contributed by atoms with van der Waals surface area (Å²) in [6.07, 6.45) is 5.85. The summed E-state index contributed by atoms with van der Waals surface area (Å²) in [4.78, 5) is 14.9. The van der Waals surface area contributed by atoms with Crippen molar-refractivity contribution in [1.82, 2.24) is 4.90 Å². The van der Waals surface area contributed by atoms with Crippen molar-refractivity contribution < 1.29 is 23.7 Å². The molecular formula is C20H29NO5. The van der Waals surface area contributed by atoms with E-state index in [2.05, 4.69) is 0 Å². The summed E-state index contributed by atoms with van der Waals surface area (Å²) in [6.45, 7) is 1.35. The molecule has 0 unspecified atom stereocenters. The van der Waals surface area contributed by atoms with E-state index in [1.165, 1.54) is 12.8 Å². The van der Waals surface area contributed by atoms with Gasteiger partial charge in [0.2, 0.25) is 11.7 Å². The molecule has 2 fully saturated rings. The minimum atomic E-state index is 0.207. The van der Waals surface area contributed by atoms with Gasteiger partial charge in [-0.15, -0.1) is 0 Å². The number of carbonyl (C=O) groups is 1. The number of carbonyl (C=O) groups excluding carboxylic acids is 1. The molecule has 1 aromatic rings. The summed E-state index contributed by atoms with van der Waals surface area (Å²) in [5.74, 6) is 2.02. The van der Waals surface area contributed by atoms with Gasteiger partial charge in [0.15, 0.2) is 11.5 Å². The first-order chi connectivity index (χ1) is 12.7. The molecule has 6 heteroatoms. The number of amides is 1. The molecule has 0 aromatic heterocycles. The molecule has 1 aliphatic heterocycles.